The third-order valence-corrected chi connectivity index (χ3v) is 8.29. The molecule has 6 heteroatoms. The Hall–Kier alpha value is -2.57. The van der Waals surface area contributed by atoms with Crippen LogP contribution in [0.3, 0.4) is 0 Å². The van der Waals surface area contributed by atoms with Crippen LogP contribution in [-0.2, 0) is 19.4 Å². The zero-order chi connectivity index (χ0) is 21.1. The zero-order valence-corrected chi connectivity index (χ0v) is 19.1. The molecule has 2 aromatic carbocycles. The third kappa shape index (κ3) is 2.96. The summed E-state index contributed by atoms with van der Waals surface area (Å²) in [6.07, 6.45) is 4.26. The van der Waals surface area contributed by atoms with Gasteiger partial charge in [-0.25, -0.2) is 0 Å². The Labute approximate surface area is 191 Å². The van der Waals surface area contributed by atoms with E-state index >= 15 is 0 Å². The standard InChI is InChI=1S/C25H19BrN2O2S/c26-16-11-9-14(10-12-16)22(29)20-17-6-2-1-5-15(17)13-28-23(20)27-24(30)21-18-7-3-4-8-19(18)31-25(21)28/h1-2,5-6,9-12,20H,3-4,7-8,13H2. The summed E-state index contributed by atoms with van der Waals surface area (Å²) in [6.45, 7) is 0.638. The van der Waals surface area contributed by atoms with Crippen LogP contribution in [0.4, 0.5) is 0 Å². The molecule has 0 N–H and O–H groups in total. The molecule has 0 saturated carbocycles. The number of halogens is 1. The predicted molar refractivity (Wildman–Crippen MR) is 126 cm³/mol. The molecule has 154 valence electrons. The average molecular weight is 491 g/mol. The molecule has 3 heterocycles. The SMILES string of the molecule is O=C(c1ccc(Br)cc1)C1c2ccccc2Cn2c1nc(=O)c1c3c(sc12)CCCC3. The fourth-order valence-electron chi connectivity index (χ4n) is 4.97. The minimum absolute atomic E-state index is 0.0269. The molecule has 0 bridgehead atoms. The Morgan fingerprint density at radius 3 is 2.68 bits per heavy atom. The minimum Gasteiger partial charge on any atom is -0.315 e. The van der Waals surface area contributed by atoms with Crippen LogP contribution in [-0.4, -0.2) is 15.3 Å². The Morgan fingerprint density at radius 1 is 1.06 bits per heavy atom. The number of ketones is 1. The number of fused-ring (bicyclic) bond motifs is 6. The molecule has 6 rings (SSSR count). The number of aromatic nitrogens is 2. The van der Waals surface area contributed by atoms with Crippen LogP contribution < -0.4 is 5.56 Å². The fraction of sp³-hybridized carbons (Fsp3) is 0.240. The quantitative estimate of drug-likeness (QED) is 0.349. The van der Waals surface area contributed by atoms with E-state index in [1.54, 1.807) is 11.3 Å². The summed E-state index contributed by atoms with van der Waals surface area (Å²) in [7, 11) is 0. The molecule has 1 atom stereocenters. The number of nitrogens with zero attached hydrogens (tertiary/aromatic N) is 2. The van der Waals surface area contributed by atoms with E-state index in [1.807, 2.05) is 42.5 Å². The molecule has 0 fully saturated rings. The van der Waals surface area contributed by atoms with Crippen molar-refractivity contribution in [3.05, 3.63) is 96.3 Å². The summed E-state index contributed by atoms with van der Waals surface area (Å²) >= 11 is 5.16. The first-order valence-electron chi connectivity index (χ1n) is 10.5. The summed E-state index contributed by atoms with van der Waals surface area (Å²) < 4.78 is 3.05. The maximum absolute atomic E-state index is 13.7. The Balaban J connectivity index is 1.61. The Bertz CT molecular complexity index is 1420. The van der Waals surface area contributed by atoms with Crippen LogP contribution in [0.1, 0.15) is 56.5 Å². The van der Waals surface area contributed by atoms with Gasteiger partial charge in [0.2, 0.25) is 0 Å². The van der Waals surface area contributed by atoms with Gasteiger partial charge in [-0.05, 0) is 54.5 Å². The van der Waals surface area contributed by atoms with Crippen LogP contribution >= 0.6 is 27.3 Å². The summed E-state index contributed by atoms with van der Waals surface area (Å²) in [6, 6.07) is 15.4. The lowest BCUT2D eigenvalue weighted by Crippen LogP contribution is -2.30. The maximum atomic E-state index is 13.7. The Kier molecular flexibility index (Phi) is 4.47. The van der Waals surface area contributed by atoms with Gasteiger partial charge in [-0.1, -0.05) is 52.3 Å². The van der Waals surface area contributed by atoms with Gasteiger partial charge >= 0.3 is 0 Å². The van der Waals surface area contributed by atoms with Gasteiger partial charge in [0.1, 0.15) is 16.6 Å². The van der Waals surface area contributed by atoms with Crippen LogP contribution in [0.2, 0.25) is 0 Å². The third-order valence-electron chi connectivity index (χ3n) is 6.45. The molecular formula is C25H19BrN2O2S. The van der Waals surface area contributed by atoms with Crippen molar-refractivity contribution in [1.82, 2.24) is 9.55 Å². The number of aryl methyl sites for hydroxylation is 2. The van der Waals surface area contributed by atoms with Crippen molar-refractivity contribution in [2.45, 2.75) is 38.1 Å². The van der Waals surface area contributed by atoms with Crippen molar-refractivity contribution in [1.29, 1.82) is 0 Å². The summed E-state index contributed by atoms with van der Waals surface area (Å²) in [5.41, 5.74) is 3.69. The van der Waals surface area contributed by atoms with Gasteiger partial charge in [-0.2, -0.15) is 4.98 Å². The lowest BCUT2D eigenvalue weighted by Gasteiger charge is -2.28. The van der Waals surface area contributed by atoms with E-state index in [-0.39, 0.29) is 11.3 Å². The highest BCUT2D eigenvalue weighted by Gasteiger charge is 2.35. The van der Waals surface area contributed by atoms with Crippen molar-refractivity contribution in [3.8, 4) is 0 Å². The van der Waals surface area contributed by atoms with E-state index in [1.165, 1.54) is 16.9 Å². The lowest BCUT2D eigenvalue weighted by atomic mass is 9.84. The number of hydrogen-bond acceptors (Lipinski definition) is 4. The molecule has 1 unspecified atom stereocenters. The summed E-state index contributed by atoms with van der Waals surface area (Å²) in [5.74, 6) is -0.0361. The summed E-state index contributed by atoms with van der Waals surface area (Å²) in [4.78, 5) is 33.8. The highest BCUT2D eigenvalue weighted by Crippen LogP contribution is 2.40. The van der Waals surface area contributed by atoms with E-state index < -0.39 is 5.92 Å². The molecule has 0 spiro atoms. The van der Waals surface area contributed by atoms with Gasteiger partial charge in [0, 0.05) is 14.9 Å². The van der Waals surface area contributed by atoms with Crippen molar-refractivity contribution >= 4 is 43.3 Å². The van der Waals surface area contributed by atoms with E-state index in [0.29, 0.717) is 17.9 Å². The normalized spacial score (nSPS) is 17.1. The molecule has 2 aliphatic rings. The first-order chi connectivity index (χ1) is 15.1. The molecule has 0 radical (unpaired) electrons. The van der Waals surface area contributed by atoms with Gasteiger partial charge in [0.05, 0.1) is 11.9 Å². The molecule has 1 aliphatic carbocycles. The predicted octanol–water partition coefficient (Wildman–Crippen LogP) is 5.48. The molecule has 31 heavy (non-hydrogen) atoms. The Morgan fingerprint density at radius 2 is 1.84 bits per heavy atom. The van der Waals surface area contributed by atoms with Crippen molar-refractivity contribution in [2.24, 2.45) is 0 Å². The van der Waals surface area contributed by atoms with Crippen LogP contribution in [0.15, 0.2) is 57.8 Å². The second-order valence-corrected chi connectivity index (χ2v) is 10.3. The first kappa shape index (κ1) is 19.1. The second kappa shape index (κ2) is 7.24. The van der Waals surface area contributed by atoms with Gasteiger partial charge in [0.15, 0.2) is 5.78 Å². The largest absolute Gasteiger partial charge is 0.315 e. The fourth-order valence-corrected chi connectivity index (χ4v) is 6.62. The number of thiophene rings is 1. The van der Waals surface area contributed by atoms with Gasteiger partial charge in [-0.3, -0.25) is 9.59 Å². The topological polar surface area (TPSA) is 52.0 Å². The average Bonchev–Trinajstić information content (AvgIpc) is 3.19. The molecule has 4 aromatic rings. The molecule has 2 aromatic heterocycles. The minimum atomic E-state index is -0.581. The van der Waals surface area contributed by atoms with E-state index in [0.717, 1.165) is 45.1 Å². The number of Topliss-reactive ketones (excluding diaryl/α,β-unsaturated/α-hetero) is 1. The highest BCUT2D eigenvalue weighted by molar-refractivity contribution is 9.10. The monoisotopic (exact) mass is 490 g/mol. The van der Waals surface area contributed by atoms with E-state index in [4.69, 9.17) is 0 Å². The molecule has 0 amide bonds. The van der Waals surface area contributed by atoms with Gasteiger partial charge in [-0.15, -0.1) is 11.3 Å². The number of hydrogen-bond donors (Lipinski definition) is 0. The van der Waals surface area contributed by atoms with E-state index in [9.17, 15) is 9.59 Å². The molecule has 4 nitrogen and oxygen atoms in total. The number of carbonyl (C=O) groups excluding carboxylic acids is 1. The lowest BCUT2D eigenvalue weighted by molar-refractivity contribution is 0.0967. The first-order valence-corrected chi connectivity index (χ1v) is 12.2. The molecule has 0 saturated heterocycles. The maximum Gasteiger partial charge on any atom is 0.282 e. The van der Waals surface area contributed by atoms with E-state index in [2.05, 4.69) is 31.5 Å². The van der Waals surface area contributed by atoms with Crippen LogP contribution in [0.5, 0.6) is 0 Å². The van der Waals surface area contributed by atoms with Crippen molar-refractivity contribution in [3.63, 3.8) is 0 Å². The van der Waals surface area contributed by atoms with Crippen molar-refractivity contribution in [2.75, 3.05) is 0 Å². The number of rotatable bonds is 2. The number of carbonyl (C=O) groups is 1. The van der Waals surface area contributed by atoms with Crippen LogP contribution in [0.25, 0.3) is 10.2 Å². The summed E-state index contributed by atoms with van der Waals surface area (Å²) in [5, 5.41) is 0.776. The highest BCUT2D eigenvalue weighted by atomic mass is 79.9. The smallest absolute Gasteiger partial charge is 0.282 e. The van der Waals surface area contributed by atoms with Crippen molar-refractivity contribution < 1.29 is 4.79 Å². The number of benzene rings is 2. The second-order valence-electron chi connectivity index (χ2n) is 8.26. The van der Waals surface area contributed by atoms with Crippen LogP contribution in [0, 0.1) is 0 Å². The molecular weight excluding hydrogens is 472 g/mol. The van der Waals surface area contributed by atoms with Gasteiger partial charge < -0.3 is 4.57 Å². The van der Waals surface area contributed by atoms with Gasteiger partial charge in [0.25, 0.3) is 5.56 Å². The molecule has 1 aliphatic heterocycles. The zero-order valence-electron chi connectivity index (χ0n) is 16.7.